The number of aryl methyl sites for hydroxylation is 1. The van der Waals surface area contributed by atoms with E-state index in [1.165, 1.54) is 12.1 Å². The second-order valence-corrected chi connectivity index (χ2v) is 8.21. The summed E-state index contributed by atoms with van der Waals surface area (Å²) in [6, 6.07) is 14.7. The van der Waals surface area contributed by atoms with Crippen molar-refractivity contribution in [1.82, 2.24) is 0 Å². The molecular formula is C29H19F7. The Kier molecular flexibility index (Phi) is 7.29. The molecule has 0 spiro atoms. The van der Waals surface area contributed by atoms with Crippen LogP contribution in [0.5, 0.6) is 0 Å². The molecule has 184 valence electrons. The fourth-order valence-electron chi connectivity index (χ4n) is 3.89. The lowest BCUT2D eigenvalue weighted by Crippen LogP contribution is -1.97. The van der Waals surface area contributed by atoms with E-state index < -0.39 is 51.9 Å². The highest BCUT2D eigenvalue weighted by atomic mass is 19.2. The van der Waals surface area contributed by atoms with Gasteiger partial charge < -0.3 is 0 Å². The molecule has 4 aromatic carbocycles. The van der Waals surface area contributed by atoms with Crippen molar-refractivity contribution >= 4 is 11.7 Å². The van der Waals surface area contributed by atoms with Crippen molar-refractivity contribution < 1.29 is 30.7 Å². The highest BCUT2D eigenvalue weighted by molar-refractivity contribution is 5.84. The summed E-state index contributed by atoms with van der Waals surface area (Å²) >= 11 is 0. The molecule has 0 aliphatic heterocycles. The Labute approximate surface area is 203 Å². The highest BCUT2D eigenvalue weighted by Crippen LogP contribution is 2.36. The second kappa shape index (κ2) is 10.4. The average molecular weight is 500 g/mol. The average Bonchev–Trinajstić information content (AvgIpc) is 2.85. The Balaban J connectivity index is 1.68. The molecule has 36 heavy (non-hydrogen) atoms. The SMILES string of the molecule is CCCc1ccc(-c2ccc(-c3cc(F)c(/C(F)=C(\F)c4ccc(F)c(F)c4)c(F)c3)c(F)c2)cc1. The minimum Gasteiger partial charge on any atom is -0.206 e. The summed E-state index contributed by atoms with van der Waals surface area (Å²) in [5.74, 6) is -10.2. The van der Waals surface area contributed by atoms with Crippen molar-refractivity contribution in [3.8, 4) is 22.3 Å². The second-order valence-electron chi connectivity index (χ2n) is 8.21. The summed E-state index contributed by atoms with van der Waals surface area (Å²) < 4.78 is 99.8. The van der Waals surface area contributed by atoms with Crippen LogP contribution in [0.3, 0.4) is 0 Å². The topological polar surface area (TPSA) is 0 Å². The summed E-state index contributed by atoms with van der Waals surface area (Å²) in [6.45, 7) is 2.06. The van der Waals surface area contributed by atoms with Crippen LogP contribution in [0.1, 0.15) is 30.0 Å². The molecule has 0 aromatic heterocycles. The third-order valence-corrected chi connectivity index (χ3v) is 5.73. The number of benzene rings is 4. The van der Waals surface area contributed by atoms with E-state index in [1.807, 2.05) is 24.3 Å². The number of hydrogen-bond donors (Lipinski definition) is 0. The van der Waals surface area contributed by atoms with Crippen molar-refractivity contribution in [3.63, 3.8) is 0 Å². The summed E-state index contributed by atoms with van der Waals surface area (Å²) in [4.78, 5) is 0. The lowest BCUT2D eigenvalue weighted by molar-refractivity contribution is 0.507. The van der Waals surface area contributed by atoms with Crippen LogP contribution in [0.4, 0.5) is 30.7 Å². The molecule has 0 atom stereocenters. The van der Waals surface area contributed by atoms with Crippen LogP contribution in [0.2, 0.25) is 0 Å². The smallest absolute Gasteiger partial charge is 0.172 e. The van der Waals surface area contributed by atoms with Crippen molar-refractivity contribution in [2.24, 2.45) is 0 Å². The molecule has 4 aromatic rings. The number of rotatable bonds is 6. The van der Waals surface area contributed by atoms with Gasteiger partial charge in [0, 0.05) is 11.1 Å². The fraction of sp³-hybridized carbons (Fsp3) is 0.103. The van der Waals surface area contributed by atoms with Crippen molar-refractivity contribution in [1.29, 1.82) is 0 Å². The van der Waals surface area contributed by atoms with Crippen LogP contribution in [-0.4, -0.2) is 0 Å². The molecule has 7 heteroatoms. The van der Waals surface area contributed by atoms with Crippen LogP contribution in [0, 0.1) is 29.1 Å². The zero-order valence-electron chi connectivity index (χ0n) is 19.0. The van der Waals surface area contributed by atoms with Gasteiger partial charge in [-0.15, -0.1) is 0 Å². The van der Waals surface area contributed by atoms with Crippen molar-refractivity contribution in [3.05, 3.63) is 119 Å². The lowest BCUT2D eigenvalue weighted by Gasteiger charge is -2.11. The maximum absolute atomic E-state index is 14.9. The Bertz CT molecular complexity index is 1430. The van der Waals surface area contributed by atoms with Gasteiger partial charge in [0.05, 0.1) is 5.56 Å². The van der Waals surface area contributed by atoms with E-state index in [9.17, 15) is 30.7 Å². The zero-order valence-corrected chi connectivity index (χ0v) is 19.0. The van der Waals surface area contributed by atoms with Gasteiger partial charge in [-0.1, -0.05) is 49.7 Å². The predicted octanol–water partition coefficient (Wildman–Crippen LogP) is 9.43. The normalized spacial score (nSPS) is 12.0. The van der Waals surface area contributed by atoms with Gasteiger partial charge in [-0.3, -0.25) is 0 Å². The first-order valence-electron chi connectivity index (χ1n) is 11.1. The van der Waals surface area contributed by atoms with E-state index in [0.717, 1.165) is 30.0 Å². The van der Waals surface area contributed by atoms with Crippen LogP contribution < -0.4 is 0 Å². The van der Waals surface area contributed by atoms with Gasteiger partial charge in [-0.2, -0.15) is 0 Å². The van der Waals surface area contributed by atoms with Gasteiger partial charge in [0.1, 0.15) is 17.5 Å². The summed E-state index contributed by atoms with van der Waals surface area (Å²) in [5, 5.41) is 0. The van der Waals surface area contributed by atoms with E-state index in [1.54, 1.807) is 6.07 Å². The molecule has 0 bridgehead atoms. The third kappa shape index (κ3) is 5.05. The molecule has 0 radical (unpaired) electrons. The highest BCUT2D eigenvalue weighted by Gasteiger charge is 2.22. The standard InChI is InChI=1S/C29H19F7/c1-2-3-16-4-6-17(7-5-16)18-8-10-21(23(31)12-18)20-14-25(33)27(26(34)15-20)29(36)28(35)19-9-11-22(30)24(32)13-19/h4-15H,2-3H2,1H3/b29-28+. The van der Waals surface area contributed by atoms with E-state index in [2.05, 4.69) is 6.92 Å². The van der Waals surface area contributed by atoms with Gasteiger partial charge >= 0.3 is 0 Å². The molecule has 0 fully saturated rings. The molecule has 4 rings (SSSR count). The van der Waals surface area contributed by atoms with E-state index in [0.29, 0.717) is 29.8 Å². The van der Waals surface area contributed by atoms with Crippen molar-refractivity contribution in [2.75, 3.05) is 0 Å². The molecule has 0 saturated carbocycles. The summed E-state index contributed by atoms with van der Waals surface area (Å²) in [7, 11) is 0. The van der Waals surface area contributed by atoms with Crippen molar-refractivity contribution in [2.45, 2.75) is 19.8 Å². The first-order chi connectivity index (χ1) is 17.2. The molecule has 0 aliphatic carbocycles. The van der Waals surface area contributed by atoms with Gasteiger partial charge in [-0.05, 0) is 65.1 Å². The molecule has 0 aliphatic rings. The largest absolute Gasteiger partial charge is 0.206 e. The van der Waals surface area contributed by atoms with Crippen LogP contribution in [-0.2, 0) is 6.42 Å². The summed E-state index contributed by atoms with van der Waals surface area (Å²) in [5.41, 5.74) is 0.0103. The van der Waals surface area contributed by atoms with Gasteiger partial charge in [-0.25, -0.2) is 30.7 Å². The van der Waals surface area contributed by atoms with Gasteiger partial charge in [0.15, 0.2) is 23.3 Å². The first kappa shape index (κ1) is 25.2. The van der Waals surface area contributed by atoms with Crippen LogP contribution >= 0.6 is 0 Å². The molecule has 0 unspecified atom stereocenters. The minimum atomic E-state index is -1.94. The monoisotopic (exact) mass is 500 g/mol. The van der Waals surface area contributed by atoms with Gasteiger partial charge in [0.25, 0.3) is 0 Å². The Morgan fingerprint density at radius 1 is 0.556 bits per heavy atom. The van der Waals surface area contributed by atoms with E-state index in [-0.39, 0.29) is 11.1 Å². The number of halogens is 7. The van der Waals surface area contributed by atoms with Crippen LogP contribution in [0.15, 0.2) is 72.8 Å². The summed E-state index contributed by atoms with van der Waals surface area (Å²) in [6.07, 6.45) is 1.91. The predicted molar refractivity (Wildman–Crippen MR) is 127 cm³/mol. The van der Waals surface area contributed by atoms with Crippen LogP contribution in [0.25, 0.3) is 33.9 Å². The van der Waals surface area contributed by atoms with Gasteiger partial charge in [0.2, 0.25) is 0 Å². The molecule has 0 N–H and O–H groups in total. The quantitative estimate of drug-likeness (QED) is 0.183. The molecule has 0 heterocycles. The third-order valence-electron chi connectivity index (χ3n) is 5.73. The first-order valence-corrected chi connectivity index (χ1v) is 11.1. The Morgan fingerprint density at radius 3 is 1.75 bits per heavy atom. The van der Waals surface area contributed by atoms with E-state index >= 15 is 0 Å². The lowest BCUT2D eigenvalue weighted by atomic mass is 9.97. The molecule has 0 amide bonds. The molecule has 0 nitrogen and oxygen atoms in total. The Morgan fingerprint density at radius 2 is 1.17 bits per heavy atom. The maximum Gasteiger partial charge on any atom is 0.172 e. The molecule has 0 saturated heterocycles. The minimum absolute atomic E-state index is 0.142. The Hall–Kier alpha value is -3.87. The fourth-order valence-corrected chi connectivity index (χ4v) is 3.89. The number of hydrogen-bond acceptors (Lipinski definition) is 0. The maximum atomic E-state index is 14.9. The molecular weight excluding hydrogens is 481 g/mol. The van der Waals surface area contributed by atoms with E-state index in [4.69, 9.17) is 0 Å². The zero-order chi connectivity index (χ0) is 26.0.